The Kier molecular flexibility index (Phi) is 8.88. The van der Waals surface area contributed by atoms with E-state index in [0.29, 0.717) is 17.8 Å². The van der Waals surface area contributed by atoms with Gasteiger partial charge < -0.3 is 16.0 Å². The number of nitrogens with one attached hydrogen (secondary N) is 3. The summed E-state index contributed by atoms with van der Waals surface area (Å²) in [5.41, 5.74) is 1.02. The van der Waals surface area contributed by atoms with E-state index in [1.807, 2.05) is 11.0 Å². The fraction of sp³-hybridized carbons (Fsp3) is 0.625. The normalized spacial score (nSPS) is 18.9. The van der Waals surface area contributed by atoms with Gasteiger partial charge in [0, 0.05) is 19.1 Å². The highest BCUT2D eigenvalue weighted by Crippen LogP contribution is 2.22. The lowest BCUT2D eigenvalue weighted by Gasteiger charge is -2.31. The molecule has 170 valence electrons. The Morgan fingerprint density at radius 2 is 1.87 bits per heavy atom. The largest absolute Gasteiger partial charge is 0.356 e. The quantitative estimate of drug-likeness (QED) is 0.473. The van der Waals surface area contributed by atoms with Crippen molar-refractivity contribution in [3.05, 3.63) is 29.8 Å². The number of likely N-dealkylation sites (tertiary alicyclic amines) is 1. The van der Waals surface area contributed by atoms with Crippen LogP contribution in [0.15, 0.2) is 24.3 Å². The number of para-hydroxylation sites is 1. The Labute approximate surface area is 185 Å². The molecule has 0 bridgehead atoms. The van der Waals surface area contributed by atoms with Gasteiger partial charge >= 0.3 is 0 Å². The number of piperidine rings is 1. The zero-order chi connectivity index (χ0) is 22.1. The third-order valence-electron chi connectivity index (χ3n) is 5.93. The summed E-state index contributed by atoms with van der Waals surface area (Å²) in [6.07, 6.45) is 8.35. The molecule has 1 saturated carbocycles. The lowest BCUT2D eigenvalue weighted by Crippen LogP contribution is -2.45. The molecule has 1 aromatic rings. The van der Waals surface area contributed by atoms with Gasteiger partial charge in [-0.25, -0.2) is 0 Å². The second-order valence-electron chi connectivity index (χ2n) is 8.77. The van der Waals surface area contributed by atoms with Gasteiger partial charge in [-0.1, -0.05) is 38.3 Å². The third-order valence-corrected chi connectivity index (χ3v) is 5.93. The molecular formula is C24H36N4O3. The Hall–Kier alpha value is -2.41. The van der Waals surface area contributed by atoms with Gasteiger partial charge in [-0.05, 0) is 50.8 Å². The Balaban J connectivity index is 1.46. The maximum atomic E-state index is 12.7. The molecule has 1 aliphatic heterocycles. The second kappa shape index (κ2) is 11.8. The van der Waals surface area contributed by atoms with Gasteiger partial charge in [0.2, 0.25) is 11.8 Å². The van der Waals surface area contributed by atoms with E-state index in [-0.39, 0.29) is 36.2 Å². The van der Waals surface area contributed by atoms with Crippen LogP contribution in [0.4, 0.5) is 5.69 Å². The average molecular weight is 429 g/mol. The van der Waals surface area contributed by atoms with Crippen molar-refractivity contribution < 1.29 is 14.4 Å². The topological polar surface area (TPSA) is 90.5 Å². The van der Waals surface area contributed by atoms with Crippen LogP contribution in [0, 0.1) is 5.92 Å². The van der Waals surface area contributed by atoms with Crippen LogP contribution in [0.25, 0.3) is 0 Å². The summed E-state index contributed by atoms with van der Waals surface area (Å²) in [7, 11) is 0. The van der Waals surface area contributed by atoms with Crippen LogP contribution < -0.4 is 16.0 Å². The summed E-state index contributed by atoms with van der Waals surface area (Å²) in [5, 5.41) is 8.91. The first-order chi connectivity index (χ1) is 15.1. The molecule has 3 N–H and O–H groups in total. The van der Waals surface area contributed by atoms with Gasteiger partial charge in [-0.2, -0.15) is 0 Å². The van der Waals surface area contributed by atoms with E-state index in [1.54, 1.807) is 18.2 Å². The molecule has 1 heterocycles. The minimum Gasteiger partial charge on any atom is -0.356 e. The Morgan fingerprint density at radius 3 is 2.65 bits per heavy atom. The number of hydrogen-bond donors (Lipinski definition) is 3. The monoisotopic (exact) mass is 428 g/mol. The van der Waals surface area contributed by atoms with Crippen molar-refractivity contribution in [1.82, 2.24) is 15.5 Å². The summed E-state index contributed by atoms with van der Waals surface area (Å²) in [4.78, 5) is 39.6. The molecule has 1 saturated heterocycles. The predicted molar refractivity (Wildman–Crippen MR) is 122 cm³/mol. The van der Waals surface area contributed by atoms with Crippen molar-refractivity contribution >= 4 is 23.4 Å². The fourth-order valence-electron chi connectivity index (χ4n) is 3.99. The van der Waals surface area contributed by atoms with Crippen LogP contribution >= 0.6 is 0 Å². The molecular weight excluding hydrogens is 392 g/mol. The van der Waals surface area contributed by atoms with Crippen LogP contribution in [0.3, 0.4) is 0 Å². The van der Waals surface area contributed by atoms with Crippen molar-refractivity contribution in [3.63, 3.8) is 0 Å². The van der Waals surface area contributed by atoms with E-state index < -0.39 is 0 Å². The average Bonchev–Trinajstić information content (AvgIpc) is 3.58. The molecule has 2 fully saturated rings. The molecule has 3 rings (SSSR count). The standard InChI is InChI=1S/C24H36N4O3/c1-2-3-4-7-14-25-23(30)18-9-8-15-28(16-18)17-22(29)27-21-11-6-5-10-20(21)24(31)26-19-12-13-19/h5-6,10-11,18-19H,2-4,7-9,12-17H2,1H3,(H,25,30)(H,26,31)(H,27,29). The maximum absolute atomic E-state index is 12.7. The highest BCUT2D eigenvalue weighted by Gasteiger charge is 2.27. The van der Waals surface area contributed by atoms with Gasteiger partial charge in [0.1, 0.15) is 0 Å². The highest BCUT2D eigenvalue weighted by atomic mass is 16.2. The molecule has 0 aromatic heterocycles. The minimum atomic E-state index is -0.160. The molecule has 0 radical (unpaired) electrons. The van der Waals surface area contributed by atoms with Gasteiger partial charge in [0.15, 0.2) is 0 Å². The molecule has 1 aliphatic carbocycles. The van der Waals surface area contributed by atoms with Gasteiger partial charge in [-0.3, -0.25) is 19.3 Å². The first-order valence-electron chi connectivity index (χ1n) is 11.8. The number of anilines is 1. The number of hydrogen-bond acceptors (Lipinski definition) is 4. The van der Waals surface area contributed by atoms with Crippen LogP contribution in [-0.4, -0.2) is 54.8 Å². The van der Waals surface area contributed by atoms with Gasteiger partial charge in [0.25, 0.3) is 5.91 Å². The number of benzene rings is 1. The van der Waals surface area contributed by atoms with Crippen LogP contribution in [0.1, 0.15) is 68.6 Å². The van der Waals surface area contributed by atoms with Crippen LogP contribution in [0.5, 0.6) is 0 Å². The van der Waals surface area contributed by atoms with Crippen LogP contribution in [-0.2, 0) is 9.59 Å². The molecule has 2 aliphatic rings. The number of rotatable bonds is 11. The van der Waals surface area contributed by atoms with Crippen molar-refractivity contribution in [2.75, 3.05) is 31.5 Å². The van der Waals surface area contributed by atoms with Crippen molar-refractivity contribution in [2.24, 2.45) is 5.92 Å². The number of carbonyl (C=O) groups excluding carboxylic acids is 3. The first kappa shape index (κ1) is 23.3. The number of nitrogens with zero attached hydrogens (tertiary/aromatic N) is 1. The van der Waals surface area contributed by atoms with E-state index in [4.69, 9.17) is 0 Å². The Morgan fingerprint density at radius 1 is 1.06 bits per heavy atom. The predicted octanol–water partition coefficient (Wildman–Crippen LogP) is 2.93. The summed E-state index contributed by atoms with van der Waals surface area (Å²) >= 11 is 0. The van der Waals surface area contributed by atoms with E-state index in [2.05, 4.69) is 22.9 Å². The van der Waals surface area contributed by atoms with E-state index in [1.165, 1.54) is 12.8 Å². The SMILES string of the molecule is CCCCCCNC(=O)C1CCCN(CC(=O)Nc2ccccc2C(=O)NC2CC2)C1. The maximum Gasteiger partial charge on any atom is 0.253 e. The van der Waals surface area contributed by atoms with E-state index in [0.717, 1.165) is 51.6 Å². The zero-order valence-corrected chi connectivity index (χ0v) is 18.6. The first-order valence-corrected chi connectivity index (χ1v) is 11.8. The van der Waals surface area contributed by atoms with Crippen molar-refractivity contribution in [2.45, 2.75) is 64.3 Å². The summed E-state index contributed by atoms with van der Waals surface area (Å²) in [5.74, 6) is -0.271. The van der Waals surface area contributed by atoms with Crippen molar-refractivity contribution in [1.29, 1.82) is 0 Å². The molecule has 3 amide bonds. The number of amides is 3. The molecule has 1 aromatic carbocycles. The lowest BCUT2D eigenvalue weighted by atomic mass is 9.97. The fourth-order valence-corrected chi connectivity index (χ4v) is 3.99. The third kappa shape index (κ3) is 7.65. The highest BCUT2D eigenvalue weighted by molar-refractivity contribution is 6.04. The number of unbranched alkanes of at least 4 members (excludes halogenated alkanes) is 3. The second-order valence-corrected chi connectivity index (χ2v) is 8.77. The molecule has 1 unspecified atom stereocenters. The van der Waals surface area contributed by atoms with Gasteiger partial charge in [0.05, 0.1) is 23.7 Å². The van der Waals surface area contributed by atoms with Gasteiger partial charge in [-0.15, -0.1) is 0 Å². The number of carbonyl (C=O) groups is 3. The minimum absolute atomic E-state index is 0.0654. The summed E-state index contributed by atoms with van der Waals surface area (Å²) in [6.45, 7) is 4.52. The Bertz CT molecular complexity index is 763. The molecule has 7 heteroatoms. The molecule has 1 atom stereocenters. The van der Waals surface area contributed by atoms with Crippen molar-refractivity contribution in [3.8, 4) is 0 Å². The smallest absolute Gasteiger partial charge is 0.253 e. The molecule has 7 nitrogen and oxygen atoms in total. The lowest BCUT2D eigenvalue weighted by molar-refractivity contribution is -0.128. The van der Waals surface area contributed by atoms with Crippen LogP contribution in [0.2, 0.25) is 0 Å². The molecule has 0 spiro atoms. The van der Waals surface area contributed by atoms with E-state index in [9.17, 15) is 14.4 Å². The summed E-state index contributed by atoms with van der Waals surface area (Å²) in [6, 6.07) is 7.36. The zero-order valence-electron chi connectivity index (χ0n) is 18.6. The summed E-state index contributed by atoms with van der Waals surface area (Å²) < 4.78 is 0. The van der Waals surface area contributed by atoms with E-state index >= 15 is 0 Å². The molecule has 31 heavy (non-hydrogen) atoms.